The highest BCUT2D eigenvalue weighted by Gasteiger charge is 2.27. The van der Waals surface area contributed by atoms with Crippen molar-refractivity contribution in [3.8, 4) is 5.75 Å². The zero-order valence-corrected chi connectivity index (χ0v) is 12.2. The van der Waals surface area contributed by atoms with Crippen molar-refractivity contribution in [2.24, 2.45) is 5.41 Å². The molecule has 1 aromatic carbocycles. The lowest BCUT2D eigenvalue weighted by Gasteiger charge is -2.20. The maximum absolute atomic E-state index is 11.2. The second kappa shape index (κ2) is 5.87. The van der Waals surface area contributed by atoms with E-state index in [0.29, 0.717) is 12.5 Å². The third kappa shape index (κ3) is 3.90. The molecule has 0 bridgehead atoms. The summed E-state index contributed by atoms with van der Waals surface area (Å²) in [7, 11) is 0. The molecule has 0 amide bonds. The summed E-state index contributed by atoms with van der Waals surface area (Å²) < 4.78 is 5.92. The smallest absolute Gasteiger partial charge is 0.309 e. The number of hydrogen-bond acceptors (Lipinski definition) is 3. The van der Waals surface area contributed by atoms with Gasteiger partial charge in [-0.1, -0.05) is 12.1 Å². The highest BCUT2D eigenvalue weighted by atomic mass is 32.2. The molecule has 1 unspecified atom stereocenters. The summed E-state index contributed by atoms with van der Waals surface area (Å²) in [5.74, 6) is 2.29. The molecule has 1 aromatic rings. The van der Waals surface area contributed by atoms with Gasteiger partial charge in [-0.2, -0.15) is 11.8 Å². The Bertz CT molecular complexity index is 450. The standard InChI is InChI=1S/C15H20O3S/c1-15(2,14(16)17)9-11-4-3-5-12(8-11)18-13-6-7-19-10-13/h3-5,8,13H,6-7,9-10H2,1-2H3,(H,16,17). The summed E-state index contributed by atoms with van der Waals surface area (Å²) in [4.78, 5) is 11.2. The minimum absolute atomic E-state index is 0.299. The molecule has 3 nitrogen and oxygen atoms in total. The Balaban J connectivity index is 2.04. The average molecular weight is 280 g/mol. The maximum Gasteiger partial charge on any atom is 0.309 e. The molecule has 0 aromatic heterocycles. The quantitative estimate of drug-likeness (QED) is 0.899. The summed E-state index contributed by atoms with van der Waals surface area (Å²) in [5, 5.41) is 9.17. The lowest BCUT2D eigenvalue weighted by molar-refractivity contribution is -0.146. The van der Waals surface area contributed by atoms with Gasteiger partial charge in [-0.25, -0.2) is 0 Å². The fraction of sp³-hybridized carbons (Fsp3) is 0.533. The third-order valence-electron chi connectivity index (χ3n) is 3.31. The molecule has 1 saturated heterocycles. The van der Waals surface area contributed by atoms with E-state index in [1.807, 2.05) is 36.0 Å². The van der Waals surface area contributed by atoms with E-state index in [4.69, 9.17) is 9.84 Å². The molecule has 1 fully saturated rings. The van der Waals surface area contributed by atoms with Gasteiger partial charge in [0.05, 0.1) is 5.41 Å². The van der Waals surface area contributed by atoms with Crippen molar-refractivity contribution in [1.29, 1.82) is 0 Å². The van der Waals surface area contributed by atoms with Gasteiger partial charge < -0.3 is 9.84 Å². The van der Waals surface area contributed by atoms with E-state index in [1.54, 1.807) is 13.8 Å². The topological polar surface area (TPSA) is 46.5 Å². The fourth-order valence-electron chi connectivity index (χ4n) is 2.11. The molecular weight excluding hydrogens is 260 g/mol. The minimum Gasteiger partial charge on any atom is -0.490 e. The van der Waals surface area contributed by atoms with Crippen LogP contribution in [0, 0.1) is 5.41 Å². The van der Waals surface area contributed by atoms with Crippen molar-refractivity contribution in [2.75, 3.05) is 11.5 Å². The van der Waals surface area contributed by atoms with Gasteiger partial charge in [-0.05, 0) is 50.1 Å². The molecular formula is C15H20O3S. The Morgan fingerprint density at radius 2 is 2.32 bits per heavy atom. The lowest BCUT2D eigenvalue weighted by Crippen LogP contribution is -2.26. The first-order valence-electron chi connectivity index (χ1n) is 6.54. The Labute approximate surface area is 118 Å². The molecule has 0 radical (unpaired) electrons. The summed E-state index contributed by atoms with van der Waals surface area (Å²) in [6.45, 7) is 3.49. The van der Waals surface area contributed by atoms with Crippen LogP contribution in [0.5, 0.6) is 5.75 Å². The van der Waals surface area contributed by atoms with Gasteiger partial charge in [0.1, 0.15) is 11.9 Å². The molecule has 104 valence electrons. The van der Waals surface area contributed by atoms with Crippen LogP contribution in [0.2, 0.25) is 0 Å². The number of thioether (sulfide) groups is 1. The zero-order chi connectivity index (χ0) is 13.9. The van der Waals surface area contributed by atoms with Gasteiger partial charge in [0.15, 0.2) is 0 Å². The number of ether oxygens (including phenoxy) is 1. The van der Waals surface area contributed by atoms with E-state index in [2.05, 4.69) is 0 Å². The van der Waals surface area contributed by atoms with Crippen molar-refractivity contribution in [1.82, 2.24) is 0 Å². The van der Waals surface area contributed by atoms with Crippen molar-refractivity contribution in [3.63, 3.8) is 0 Å². The van der Waals surface area contributed by atoms with Crippen LogP contribution < -0.4 is 4.74 Å². The number of benzene rings is 1. The van der Waals surface area contributed by atoms with Crippen LogP contribution in [0.25, 0.3) is 0 Å². The number of carbonyl (C=O) groups is 1. The molecule has 1 aliphatic heterocycles. The normalized spacial score (nSPS) is 19.4. The van der Waals surface area contributed by atoms with E-state index in [0.717, 1.165) is 29.2 Å². The molecule has 0 spiro atoms. The Morgan fingerprint density at radius 1 is 1.53 bits per heavy atom. The van der Waals surface area contributed by atoms with Crippen molar-refractivity contribution >= 4 is 17.7 Å². The van der Waals surface area contributed by atoms with Crippen LogP contribution in [-0.4, -0.2) is 28.7 Å². The first-order chi connectivity index (χ1) is 8.97. The van der Waals surface area contributed by atoms with E-state index < -0.39 is 11.4 Å². The molecule has 1 heterocycles. The first-order valence-corrected chi connectivity index (χ1v) is 7.69. The number of carboxylic acids is 1. The number of carboxylic acid groups (broad SMARTS) is 1. The van der Waals surface area contributed by atoms with Crippen molar-refractivity contribution in [2.45, 2.75) is 32.8 Å². The van der Waals surface area contributed by atoms with E-state index in [1.165, 1.54) is 0 Å². The van der Waals surface area contributed by atoms with Crippen LogP contribution >= 0.6 is 11.8 Å². The predicted molar refractivity (Wildman–Crippen MR) is 77.9 cm³/mol. The lowest BCUT2D eigenvalue weighted by atomic mass is 9.86. The van der Waals surface area contributed by atoms with E-state index in [9.17, 15) is 4.79 Å². The SMILES string of the molecule is CC(C)(Cc1cccc(OC2CCSC2)c1)C(=O)O. The zero-order valence-electron chi connectivity index (χ0n) is 11.4. The monoisotopic (exact) mass is 280 g/mol. The number of rotatable bonds is 5. The Morgan fingerprint density at radius 3 is 2.95 bits per heavy atom. The summed E-state index contributed by atoms with van der Waals surface area (Å²) in [5.41, 5.74) is 0.262. The second-order valence-electron chi connectivity index (χ2n) is 5.62. The molecule has 1 atom stereocenters. The minimum atomic E-state index is -0.772. The van der Waals surface area contributed by atoms with Gasteiger partial charge in [0.2, 0.25) is 0 Å². The first kappa shape index (κ1) is 14.3. The van der Waals surface area contributed by atoms with E-state index in [-0.39, 0.29) is 0 Å². The molecule has 0 aliphatic carbocycles. The molecule has 19 heavy (non-hydrogen) atoms. The highest BCUT2D eigenvalue weighted by molar-refractivity contribution is 7.99. The van der Waals surface area contributed by atoms with Gasteiger partial charge in [0, 0.05) is 5.75 Å². The molecule has 4 heteroatoms. The van der Waals surface area contributed by atoms with Gasteiger partial charge in [0.25, 0.3) is 0 Å². The van der Waals surface area contributed by atoms with Crippen LogP contribution in [0.4, 0.5) is 0 Å². The fourth-order valence-corrected chi connectivity index (χ4v) is 3.21. The second-order valence-corrected chi connectivity index (χ2v) is 6.77. The Kier molecular flexibility index (Phi) is 4.40. The largest absolute Gasteiger partial charge is 0.490 e. The Hall–Kier alpha value is -1.16. The number of aliphatic carboxylic acids is 1. The van der Waals surface area contributed by atoms with Crippen LogP contribution in [0.1, 0.15) is 25.8 Å². The van der Waals surface area contributed by atoms with Crippen LogP contribution in [0.3, 0.4) is 0 Å². The molecule has 1 aliphatic rings. The highest BCUT2D eigenvalue weighted by Crippen LogP contribution is 2.27. The predicted octanol–water partition coefficient (Wildman–Crippen LogP) is 3.22. The summed E-state index contributed by atoms with van der Waals surface area (Å²) >= 11 is 1.92. The van der Waals surface area contributed by atoms with E-state index >= 15 is 0 Å². The third-order valence-corrected chi connectivity index (χ3v) is 4.45. The average Bonchev–Trinajstić information content (AvgIpc) is 2.81. The van der Waals surface area contributed by atoms with Crippen LogP contribution in [0.15, 0.2) is 24.3 Å². The van der Waals surface area contributed by atoms with Crippen LogP contribution in [-0.2, 0) is 11.2 Å². The van der Waals surface area contributed by atoms with Crippen molar-refractivity contribution < 1.29 is 14.6 Å². The molecule has 1 N–H and O–H groups in total. The molecule has 0 saturated carbocycles. The summed E-state index contributed by atoms with van der Waals surface area (Å²) in [6, 6.07) is 7.81. The van der Waals surface area contributed by atoms with Gasteiger partial charge in [-0.15, -0.1) is 0 Å². The van der Waals surface area contributed by atoms with Gasteiger partial charge >= 0.3 is 5.97 Å². The summed E-state index contributed by atoms with van der Waals surface area (Å²) in [6.07, 6.45) is 1.90. The van der Waals surface area contributed by atoms with Gasteiger partial charge in [-0.3, -0.25) is 4.79 Å². The van der Waals surface area contributed by atoms with Crippen molar-refractivity contribution in [3.05, 3.63) is 29.8 Å². The number of hydrogen-bond donors (Lipinski definition) is 1. The molecule has 2 rings (SSSR count). The maximum atomic E-state index is 11.2.